The average molecular weight is 471 g/mol. The van der Waals surface area contributed by atoms with Crippen molar-refractivity contribution in [1.82, 2.24) is 9.55 Å². The Bertz CT molecular complexity index is 1330. The Morgan fingerprint density at radius 3 is 2.36 bits per heavy atom. The molecule has 0 bridgehead atoms. The molecule has 0 saturated carbocycles. The molecule has 0 fully saturated rings. The van der Waals surface area contributed by atoms with Gasteiger partial charge in [0, 0.05) is 5.75 Å². The van der Waals surface area contributed by atoms with Crippen LogP contribution in [-0.4, -0.2) is 20.6 Å². The highest BCUT2D eigenvalue weighted by molar-refractivity contribution is 7.98. The van der Waals surface area contributed by atoms with Gasteiger partial charge in [-0.2, -0.15) is 13.2 Å². The topological polar surface area (TPSA) is 55.1 Å². The summed E-state index contributed by atoms with van der Waals surface area (Å²) in [7, 11) is 0. The zero-order valence-electron chi connectivity index (χ0n) is 18.0. The van der Waals surface area contributed by atoms with E-state index in [1.807, 2.05) is 30.5 Å². The molecular formula is C25H21F3N2O2S. The Kier molecular flexibility index (Phi) is 6.21. The van der Waals surface area contributed by atoms with E-state index < -0.39 is 17.7 Å². The number of hydrogen-bond acceptors (Lipinski definition) is 3. The largest absolute Gasteiger partial charge is 0.478 e. The number of imidazole rings is 1. The Morgan fingerprint density at radius 1 is 1.03 bits per heavy atom. The van der Waals surface area contributed by atoms with Crippen molar-refractivity contribution in [3.63, 3.8) is 0 Å². The molecule has 0 aliphatic carbocycles. The minimum Gasteiger partial charge on any atom is -0.478 e. The van der Waals surface area contributed by atoms with E-state index in [0.29, 0.717) is 28.6 Å². The molecule has 4 aromatic rings. The lowest BCUT2D eigenvalue weighted by Crippen LogP contribution is -2.06. The van der Waals surface area contributed by atoms with Gasteiger partial charge in [0.1, 0.15) is 0 Å². The molecule has 4 nitrogen and oxygen atoms in total. The van der Waals surface area contributed by atoms with Crippen molar-refractivity contribution in [1.29, 1.82) is 0 Å². The van der Waals surface area contributed by atoms with Crippen LogP contribution >= 0.6 is 11.8 Å². The first-order valence-electron chi connectivity index (χ1n) is 10.2. The third-order valence-corrected chi connectivity index (χ3v) is 6.58. The smallest absolute Gasteiger partial charge is 0.416 e. The highest BCUT2D eigenvalue weighted by atomic mass is 32.2. The third kappa shape index (κ3) is 4.90. The Morgan fingerprint density at radius 2 is 1.70 bits per heavy atom. The fourth-order valence-electron chi connectivity index (χ4n) is 3.60. The maximum atomic E-state index is 12.9. The Labute approximate surface area is 193 Å². The lowest BCUT2D eigenvalue weighted by Gasteiger charge is -2.12. The summed E-state index contributed by atoms with van der Waals surface area (Å²) in [6.45, 7) is 4.35. The molecule has 3 aromatic carbocycles. The fourth-order valence-corrected chi connectivity index (χ4v) is 4.62. The lowest BCUT2D eigenvalue weighted by molar-refractivity contribution is -0.137. The van der Waals surface area contributed by atoms with E-state index in [1.165, 1.54) is 23.9 Å². The van der Waals surface area contributed by atoms with Crippen LogP contribution in [0, 0.1) is 13.8 Å². The number of hydrogen-bond donors (Lipinski definition) is 1. The minimum atomic E-state index is -4.38. The zero-order chi connectivity index (χ0) is 23.8. The number of alkyl halides is 3. The predicted molar refractivity (Wildman–Crippen MR) is 123 cm³/mol. The molecule has 0 unspecified atom stereocenters. The van der Waals surface area contributed by atoms with Crippen LogP contribution in [-0.2, 0) is 18.5 Å². The molecule has 0 aliphatic heterocycles. The van der Waals surface area contributed by atoms with E-state index >= 15 is 0 Å². The van der Waals surface area contributed by atoms with Gasteiger partial charge in [0.15, 0.2) is 5.16 Å². The van der Waals surface area contributed by atoms with Gasteiger partial charge in [0.05, 0.1) is 28.7 Å². The molecule has 33 heavy (non-hydrogen) atoms. The van der Waals surface area contributed by atoms with Gasteiger partial charge in [-0.05, 0) is 66.4 Å². The molecule has 0 radical (unpaired) electrons. The van der Waals surface area contributed by atoms with Gasteiger partial charge in [-0.15, -0.1) is 0 Å². The number of nitrogens with zero attached hydrogens (tertiary/aromatic N) is 2. The van der Waals surface area contributed by atoms with Gasteiger partial charge >= 0.3 is 12.1 Å². The summed E-state index contributed by atoms with van der Waals surface area (Å²) in [5.74, 6) is -0.591. The van der Waals surface area contributed by atoms with Gasteiger partial charge in [-0.1, -0.05) is 42.1 Å². The first kappa shape index (κ1) is 22.9. The zero-order valence-corrected chi connectivity index (χ0v) is 18.8. The molecule has 0 atom stereocenters. The SMILES string of the molecule is Cc1cc2nc(SCc3ccccc3C(=O)O)n(Cc3ccc(C(F)(F)F)cc3)c2cc1C. The van der Waals surface area contributed by atoms with Crippen LogP contribution in [0.15, 0.2) is 65.8 Å². The van der Waals surface area contributed by atoms with Crippen LogP contribution in [0.2, 0.25) is 0 Å². The summed E-state index contributed by atoms with van der Waals surface area (Å²) < 4.78 is 40.8. The van der Waals surface area contributed by atoms with Crippen LogP contribution in [0.4, 0.5) is 13.2 Å². The van der Waals surface area contributed by atoms with E-state index in [9.17, 15) is 23.1 Å². The van der Waals surface area contributed by atoms with E-state index in [-0.39, 0.29) is 5.56 Å². The number of carboxylic acid groups (broad SMARTS) is 1. The number of halogens is 3. The summed E-state index contributed by atoms with van der Waals surface area (Å²) in [6.07, 6.45) is -4.38. The van der Waals surface area contributed by atoms with Gasteiger partial charge in [0.2, 0.25) is 0 Å². The molecule has 4 rings (SSSR count). The normalized spacial score (nSPS) is 11.8. The van der Waals surface area contributed by atoms with Crippen molar-refractivity contribution in [2.45, 2.75) is 37.5 Å². The number of thioether (sulfide) groups is 1. The molecule has 1 aromatic heterocycles. The molecule has 0 spiro atoms. The molecule has 170 valence electrons. The average Bonchev–Trinajstić information content (AvgIpc) is 3.08. The first-order chi connectivity index (χ1) is 15.6. The van der Waals surface area contributed by atoms with Crippen LogP contribution in [0.5, 0.6) is 0 Å². The summed E-state index contributed by atoms with van der Waals surface area (Å²) >= 11 is 1.40. The second-order valence-electron chi connectivity index (χ2n) is 7.85. The van der Waals surface area contributed by atoms with Gasteiger partial charge in [0.25, 0.3) is 0 Å². The van der Waals surface area contributed by atoms with Crippen molar-refractivity contribution >= 4 is 28.8 Å². The van der Waals surface area contributed by atoms with E-state index in [4.69, 9.17) is 4.98 Å². The van der Waals surface area contributed by atoms with Gasteiger partial charge in [-0.3, -0.25) is 0 Å². The molecule has 1 heterocycles. The van der Waals surface area contributed by atoms with E-state index in [2.05, 4.69) is 0 Å². The van der Waals surface area contributed by atoms with Gasteiger partial charge < -0.3 is 9.67 Å². The number of aromatic carboxylic acids is 1. The summed E-state index contributed by atoms with van der Waals surface area (Å²) in [5.41, 5.74) is 4.79. The van der Waals surface area contributed by atoms with Crippen molar-refractivity contribution in [3.8, 4) is 0 Å². The van der Waals surface area contributed by atoms with Crippen molar-refractivity contribution in [2.75, 3.05) is 0 Å². The van der Waals surface area contributed by atoms with Crippen molar-refractivity contribution < 1.29 is 23.1 Å². The second-order valence-corrected chi connectivity index (χ2v) is 8.79. The molecule has 0 aliphatic rings. The Hall–Kier alpha value is -3.26. The number of fused-ring (bicyclic) bond motifs is 1. The van der Waals surface area contributed by atoms with Crippen LogP contribution in [0.1, 0.15) is 38.2 Å². The first-order valence-corrected chi connectivity index (χ1v) is 11.2. The number of aryl methyl sites for hydroxylation is 2. The number of rotatable bonds is 6. The molecule has 8 heteroatoms. The lowest BCUT2D eigenvalue weighted by atomic mass is 10.1. The second kappa shape index (κ2) is 8.94. The van der Waals surface area contributed by atoms with E-state index in [0.717, 1.165) is 34.3 Å². The summed E-state index contributed by atoms with van der Waals surface area (Å²) in [6, 6.07) is 15.9. The quantitative estimate of drug-likeness (QED) is 0.318. The number of carboxylic acids is 1. The van der Waals surface area contributed by atoms with Gasteiger partial charge in [-0.25, -0.2) is 9.78 Å². The maximum Gasteiger partial charge on any atom is 0.416 e. The Balaban J connectivity index is 1.71. The predicted octanol–water partition coefficient (Wildman–Crippen LogP) is 6.71. The monoisotopic (exact) mass is 470 g/mol. The summed E-state index contributed by atoms with van der Waals surface area (Å²) in [5, 5.41) is 10.1. The summed E-state index contributed by atoms with van der Waals surface area (Å²) in [4.78, 5) is 16.3. The van der Waals surface area contributed by atoms with Crippen LogP contribution < -0.4 is 0 Å². The van der Waals surface area contributed by atoms with E-state index in [1.54, 1.807) is 24.3 Å². The molecule has 0 saturated heterocycles. The molecule has 0 amide bonds. The third-order valence-electron chi connectivity index (χ3n) is 5.56. The highest BCUT2D eigenvalue weighted by Crippen LogP contribution is 2.32. The number of benzene rings is 3. The van der Waals surface area contributed by atoms with Crippen molar-refractivity contribution in [2.24, 2.45) is 0 Å². The maximum absolute atomic E-state index is 12.9. The standard InChI is InChI=1S/C25H21F3N2O2S/c1-15-11-21-22(12-16(15)2)30(13-17-7-9-19(10-8-17)25(26,27)28)24(29-21)33-14-18-5-3-4-6-20(18)23(31)32/h3-12H,13-14H2,1-2H3,(H,31,32). The molecular weight excluding hydrogens is 449 g/mol. The molecule has 1 N–H and O–H groups in total. The van der Waals surface area contributed by atoms with Crippen LogP contribution in [0.25, 0.3) is 11.0 Å². The minimum absolute atomic E-state index is 0.238. The highest BCUT2D eigenvalue weighted by Gasteiger charge is 2.30. The number of aromatic nitrogens is 2. The van der Waals surface area contributed by atoms with Crippen molar-refractivity contribution in [3.05, 3.63) is 94.0 Å². The fraction of sp³-hybridized carbons (Fsp3) is 0.200. The number of carbonyl (C=O) groups is 1. The van der Waals surface area contributed by atoms with Crippen LogP contribution in [0.3, 0.4) is 0 Å².